The van der Waals surface area contributed by atoms with E-state index in [1.165, 1.54) is 13.8 Å². The van der Waals surface area contributed by atoms with E-state index in [1.54, 1.807) is 13.8 Å². The fourth-order valence-corrected chi connectivity index (χ4v) is 1.94. The largest absolute Gasteiger partial charge is 0.478 e. The first-order valence-electron chi connectivity index (χ1n) is 9.64. The van der Waals surface area contributed by atoms with Crippen molar-refractivity contribution < 1.29 is 43.6 Å². The third-order valence-electron chi connectivity index (χ3n) is 4.02. The molecular formula is C23H34O9. The van der Waals surface area contributed by atoms with Crippen molar-refractivity contribution in [1.82, 2.24) is 0 Å². The van der Waals surface area contributed by atoms with Gasteiger partial charge in [0.25, 0.3) is 0 Å². The summed E-state index contributed by atoms with van der Waals surface area (Å²) in [4.78, 5) is 42.4. The van der Waals surface area contributed by atoms with Crippen LogP contribution in [0.25, 0.3) is 0 Å². The van der Waals surface area contributed by atoms with Gasteiger partial charge in [0.15, 0.2) is 0 Å². The first kappa shape index (κ1) is 31.0. The molecule has 9 heteroatoms. The van der Waals surface area contributed by atoms with Crippen molar-refractivity contribution in [1.29, 1.82) is 0 Å². The van der Waals surface area contributed by atoms with E-state index in [4.69, 9.17) is 24.4 Å². The van der Waals surface area contributed by atoms with Crippen LogP contribution in [0.15, 0.2) is 48.6 Å². The van der Waals surface area contributed by atoms with Crippen LogP contribution in [0.3, 0.4) is 0 Å². The molecule has 1 saturated heterocycles. The summed E-state index contributed by atoms with van der Waals surface area (Å²) in [6.07, 6.45) is -1.19. The van der Waals surface area contributed by atoms with Gasteiger partial charge in [-0.15, -0.1) is 0 Å². The zero-order valence-corrected chi connectivity index (χ0v) is 19.6. The average molecular weight is 455 g/mol. The lowest BCUT2D eigenvalue weighted by Crippen LogP contribution is -2.50. The molecule has 1 heterocycles. The summed E-state index contributed by atoms with van der Waals surface area (Å²) in [5, 5.41) is 15.8. The summed E-state index contributed by atoms with van der Waals surface area (Å²) in [7, 11) is 0. The van der Waals surface area contributed by atoms with Gasteiger partial charge in [0.2, 0.25) is 0 Å². The van der Waals surface area contributed by atoms with Crippen molar-refractivity contribution in [3.63, 3.8) is 0 Å². The molecule has 0 bridgehead atoms. The summed E-state index contributed by atoms with van der Waals surface area (Å²) in [6.45, 7) is 23.4. The second-order valence-electron chi connectivity index (χ2n) is 7.44. The molecule has 0 aromatic carbocycles. The van der Waals surface area contributed by atoms with E-state index in [1.807, 2.05) is 13.8 Å². The number of hydrogen-bond acceptors (Lipinski definition) is 7. The number of carbonyl (C=O) groups is 4. The maximum absolute atomic E-state index is 11.6. The van der Waals surface area contributed by atoms with Gasteiger partial charge in [0, 0.05) is 28.2 Å². The van der Waals surface area contributed by atoms with Crippen LogP contribution in [-0.2, 0) is 33.4 Å². The highest BCUT2D eigenvalue weighted by atomic mass is 16.6. The smallest absolute Gasteiger partial charge is 0.333 e. The van der Waals surface area contributed by atoms with E-state index in [0.29, 0.717) is 11.1 Å². The van der Waals surface area contributed by atoms with Gasteiger partial charge in [-0.25, -0.2) is 19.2 Å². The minimum Gasteiger partial charge on any atom is -0.478 e. The summed E-state index contributed by atoms with van der Waals surface area (Å²) < 4.78 is 16.2. The molecule has 2 unspecified atom stereocenters. The van der Waals surface area contributed by atoms with E-state index in [-0.39, 0.29) is 29.8 Å². The molecule has 180 valence electrons. The highest BCUT2D eigenvalue weighted by molar-refractivity contribution is 5.87. The Bertz CT molecular complexity index is 715. The lowest BCUT2D eigenvalue weighted by Gasteiger charge is -2.38. The Labute approximate surface area is 189 Å². The summed E-state index contributed by atoms with van der Waals surface area (Å²) >= 11 is 0. The second-order valence-corrected chi connectivity index (χ2v) is 7.44. The highest BCUT2D eigenvalue weighted by Gasteiger charge is 2.40. The Morgan fingerprint density at radius 2 is 1.09 bits per heavy atom. The van der Waals surface area contributed by atoms with Crippen LogP contribution in [0.5, 0.6) is 0 Å². The van der Waals surface area contributed by atoms with Crippen LogP contribution < -0.4 is 0 Å². The van der Waals surface area contributed by atoms with Gasteiger partial charge in [-0.3, -0.25) is 0 Å². The molecule has 1 aliphatic heterocycles. The van der Waals surface area contributed by atoms with Crippen molar-refractivity contribution >= 4 is 23.9 Å². The molecule has 2 N–H and O–H groups in total. The van der Waals surface area contributed by atoms with Gasteiger partial charge in [-0.2, -0.15) is 0 Å². The number of rotatable bonds is 6. The van der Waals surface area contributed by atoms with E-state index in [2.05, 4.69) is 26.3 Å². The van der Waals surface area contributed by atoms with E-state index in [0.717, 1.165) is 0 Å². The molecule has 4 atom stereocenters. The zero-order valence-electron chi connectivity index (χ0n) is 19.6. The van der Waals surface area contributed by atoms with Crippen molar-refractivity contribution in [2.24, 2.45) is 5.92 Å². The fraction of sp³-hybridized carbons (Fsp3) is 0.478. The normalized spacial score (nSPS) is 21.2. The Morgan fingerprint density at radius 1 is 0.750 bits per heavy atom. The SMILES string of the molecule is C=C(C)C(=O)O.C=C(C)C(=O)O.C=C(C)C(=O)OC1C(C)OC[C@@H](OC(=O)C(=C)C)[C@H]1C. The van der Waals surface area contributed by atoms with Crippen LogP contribution >= 0.6 is 0 Å². The van der Waals surface area contributed by atoms with Crippen LogP contribution in [0.4, 0.5) is 0 Å². The van der Waals surface area contributed by atoms with Gasteiger partial charge >= 0.3 is 23.9 Å². The molecule has 0 saturated carbocycles. The Kier molecular flexibility index (Phi) is 14.3. The Morgan fingerprint density at radius 3 is 1.41 bits per heavy atom. The number of hydrogen-bond donors (Lipinski definition) is 2. The van der Waals surface area contributed by atoms with E-state index in [9.17, 15) is 19.2 Å². The van der Waals surface area contributed by atoms with Crippen molar-refractivity contribution in [2.75, 3.05) is 6.61 Å². The Hall–Kier alpha value is -3.20. The number of esters is 2. The molecule has 0 aliphatic carbocycles. The lowest BCUT2D eigenvalue weighted by molar-refractivity contribution is -0.193. The van der Waals surface area contributed by atoms with Crippen LogP contribution in [0, 0.1) is 5.92 Å². The highest BCUT2D eigenvalue weighted by Crippen LogP contribution is 2.27. The van der Waals surface area contributed by atoms with Crippen LogP contribution in [-0.4, -0.2) is 59.0 Å². The van der Waals surface area contributed by atoms with Crippen molar-refractivity contribution in [2.45, 2.75) is 59.9 Å². The fourth-order valence-electron chi connectivity index (χ4n) is 1.94. The number of aliphatic carboxylic acids is 2. The topological polar surface area (TPSA) is 136 Å². The number of carboxylic acids is 2. The molecule has 0 aromatic rings. The summed E-state index contributed by atoms with van der Waals surface area (Å²) in [5.41, 5.74) is 1.00. The van der Waals surface area contributed by atoms with Crippen LogP contribution in [0.2, 0.25) is 0 Å². The minimum atomic E-state index is -0.935. The van der Waals surface area contributed by atoms with Gasteiger partial charge in [-0.1, -0.05) is 33.2 Å². The molecule has 9 nitrogen and oxygen atoms in total. The predicted octanol–water partition coefficient (Wildman–Crippen LogP) is 3.31. The number of ether oxygens (including phenoxy) is 3. The average Bonchev–Trinajstić information content (AvgIpc) is 2.67. The Balaban J connectivity index is 0. The predicted molar refractivity (Wildman–Crippen MR) is 119 cm³/mol. The quantitative estimate of drug-likeness (QED) is 0.457. The molecule has 1 fully saturated rings. The van der Waals surface area contributed by atoms with Gasteiger partial charge in [0.05, 0.1) is 12.7 Å². The number of carbonyl (C=O) groups excluding carboxylic acids is 2. The monoisotopic (exact) mass is 454 g/mol. The van der Waals surface area contributed by atoms with Crippen molar-refractivity contribution in [3.8, 4) is 0 Å². The third-order valence-corrected chi connectivity index (χ3v) is 4.02. The molecule has 0 spiro atoms. The van der Waals surface area contributed by atoms with Crippen LogP contribution in [0.1, 0.15) is 41.5 Å². The molecular weight excluding hydrogens is 420 g/mol. The summed E-state index contributed by atoms with van der Waals surface area (Å²) in [6, 6.07) is 0. The van der Waals surface area contributed by atoms with E-state index >= 15 is 0 Å². The second kappa shape index (κ2) is 14.7. The first-order chi connectivity index (χ1) is 14.5. The summed E-state index contributed by atoms with van der Waals surface area (Å²) in [5.74, 6) is -2.97. The molecule has 0 amide bonds. The van der Waals surface area contributed by atoms with Gasteiger partial charge in [0.1, 0.15) is 12.2 Å². The maximum atomic E-state index is 11.6. The standard InChI is InChI=1S/C15H22O5.2C4H6O2/c1-8(2)14(16)19-12-7-18-11(6)13(10(12)5)20-15(17)9(3)4;2*1-3(2)4(5)6/h10-13H,1,3,7H2,2,4-6H3;2*1H2,2H3,(H,5,6)/t10-,11?,12-,13?;;/m1../s1. The van der Waals surface area contributed by atoms with E-state index < -0.39 is 36.1 Å². The van der Waals surface area contributed by atoms with Crippen molar-refractivity contribution in [3.05, 3.63) is 48.6 Å². The molecule has 0 aromatic heterocycles. The maximum Gasteiger partial charge on any atom is 0.333 e. The zero-order chi connectivity index (χ0) is 25.8. The third kappa shape index (κ3) is 12.5. The van der Waals surface area contributed by atoms with Gasteiger partial charge in [-0.05, 0) is 34.6 Å². The first-order valence-corrected chi connectivity index (χ1v) is 9.64. The lowest BCUT2D eigenvalue weighted by atomic mass is 9.92. The molecule has 0 radical (unpaired) electrons. The minimum absolute atomic E-state index is 0.162. The molecule has 32 heavy (non-hydrogen) atoms. The number of carboxylic acid groups (broad SMARTS) is 2. The molecule has 1 aliphatic rings. The molecule has 1 rings (SSSR count). The van der Waals surface area contributed by atoms with Gasteiger partial charge < -0.3 is 24.4 Å².